The Bertz CT molecular complexity index is 584. The van der Waals surface area contributed by atoms with Crippen molar-refractivity contribution in [3.63, 3.8) is 0 Å². The highest BCUT2D eigenvalue weighted by Crippen LogP contribution is 2.23. The minimum atomic E-state index is 0.497. The molecule has 2 rings (SSSR count). The monoisotopic (exact) mass is 335 g/mol. The molecule has 0 saturated carbocycles. The van der Waals surface area contributed by atoms with Crippen molar-refractivity contribution in [2.24, 2.45) is 0 Å². The molecule has 0 bridgehead atoms. The smallest absolute Gasteiger partial charge is 0.222 e. The van der Waals surface area contributed by atoms with E-state index in [9.17, 15) is 0 Å². The molecule has 0 saturated heterocycles. The highest BCUT2D eigenvalue weighted by molar-refractivity contribution is 9.10. The molecular formula is C15H18BrN3O. The van der Waals surface area contributed by atoms with Crippen LogP contribution in [0.5, 0.6) is 5.88 Å². The summed E-state index contributed by atoms with van der Waals surface area (Å²) >= 11 is 3.42. The fourth-order valence-corrected chi connectivity index (χ4v) is 2.08. The summed E-state index contributed by atoms with van der Waals surface area (Å²) in [5.41, 5.74) is 2.04. The lowest BCUT2D eigenvalue weighted by Crippen LogP contribution is -2.07. The van der Waals surface area contributed by atoms with Crippen LogP contribution in [-0.4, -0.2) is 17.0 Å². The molecule has 4 nitrogen and oxygen atoms in total. The van der Waals surface area contributed by atoms with Crippen molar-refractivity contribution >= 4 is 21.7 Å². The second kappa shape index (κ2) is 6.70. The fourth-order valence-electron chi connectivity index (χ4n) is 1.81. The van der Waals surface area contributed by atoms with Crippen molar-refractivity contribution in [3.05, 3.63) is 45.7 Å². The van der Waals surface area contributed by atoms with Crippen LogP contribution in [0.25, 0.3) is 0 Å². The topological polar surface area (TPSA) is 47.0 Å². The molecule has 0 unspecified atom stereocenters. The van der Waals surface area contributed by atoms with Crippen molar-refractivity contribution in [3.8, 4) is 5.88 Å². The lowest BCUT2D eigenvalue weighted by molar-refractivity contribution is 0.290. The number of anilines is 1. The molecule has 0 aliphatic carbocycles. The van der Waals surface area contributed by atoms with Crippen LogP contribution in [0.3, 0.4) is 0 Å². The Morgan fingerprint density at radius 1 is 1.20 bits per heavy atom. The Morgan fingerprint density at radius 2 is 1.90 bits per heavy atom. The molecule has 1 aromatic heterocycles. The van der Waals surface area contributed by atoms with E-state index in [0.717, 1.165) is 33.7 Å². The van der Waals surface area contributed by atoms with E-state index in [4.69, 9.17) is 4.74 Å². The van der Waals surface area contributed by atoms with Crippen LogP contribution in [0, 0.1) is 6.92 Å². The first-order valence-corrected chi connectivity index (χ1v) is 7.35. The first-order valence-electron chi connectivity index (χ1n) is 6.56. The number of aromatic nitrogens is 2. The average Bonchev–Trinajstić information content (AvgIpc) is 2.48. The average molecular weight is 336 g/mol. The van der Waals surface area contributed by atoms with Gasteiger partial charge in [-0.1, -0.05) is 35.0 Å². The summed E-state index contributed by atoms with van der Waals surface area (Å²) in [6.07, 6.45) is 0.781. The summed E-state index contributed by atoms with van der Waals surface area (Å²) < 4.78 is 6.90. The molecule has 1 heterocycles. The van der Waals surface area contributed by atoms with Gasteiger partial charge in [0.15, 0.2) is 0 Å². The molecule has 5 heteroatoms. The van der Waals surface area contributed by atoms with Gasteiger partial charge in [0.1, 0.15) is 18.2 Å². The Morgan fingerprint density at radius 3 is 2.50 bits per heavy atom. The number of hydrogen-bond donors (Lipinski definition) is 1. The van der Waals surface area contributed by atoms with E-state index in [1.54, 1.807) is 0 Å². The molecule has 0 atom stereocenters. The van der Waals surface area contributed by atoms with Crippen molar-refractivity contribution in [2.75, 3.05) is 12.4 Å². The number of benzene rings is 1. The second-order valence-electron chi connectivity index (χ2n) is 4.44. The fraction of sp³-hybridized carbons (Fsp3) is 0.333. The van der Waals surface area contributed by atoms with Crippen LogP contribution in [-0.2, 0) is 13.0 Å². The molecule has 20 heavy (non-hydrogen) atoms. The van der Waals surface area contributed by atoms with Gasteiger partial charge in [0.05, 0.1) is 5.56 Å². The summed E-state index contributed by atoms with van der Waals surface area (Å²) in [6, 6.07) is 8.06. The van der Waals surface area contributed by atoms with E-state index in [2.05, 4.69) is 31.2 Å². The molecule has 1 aromatic carbocycles. The first-order chi connectivity index (χ1) is 9.63. The molecule has 0 amide bonds. The van der Waals surface area contributed by atoms with Gasteiger partial charge < -0.3 is 10.1 Å². The normalized spacial score (nSPS) is 10.4. The summed E-state index contributed by atoms with van der Waals surface area (Å²) in [5.74, 6) is 2.25. The van der Waals surface area contributed by atoms with Gasteiger partial charge in [-0.25, -0.2) is 4.98 Å². The third-order valence-electron chi connectivity index (χ3n) is 2.99. The standard InChI is InChI=1S/C15H18BrN3O/c1-4-13-18-14(17-3)10(2)15(19-13)20-9-11-5-7-12(16)8-6-11/h5-8H,4,9H2,1-3H3,(H,17,18,19). The van der Waals surface area contributed by atoms with E-state index in [1.165, 1.54) is 0 Å². The lowest BCUT2D eigenvalue weighted by Gasteiger charge is -2.12. The highest BCUT2D eigenvalue weighted by Gasteiger charge is 2.10. The molecule has 2 aromatic rings. The maximum Gasteiger partial charge on any atom is 0.222 e. The Hall–Kier alpha value is -1.62. The predicted octanol–water partition coefficient (Wildman–Crippen LogP) is 3.73. The zero-order chi connectivity index (χ0) is 14.5. The molecule has 0 aliphatic heterocycles. The van der Waals surface area contributed by atoms with Crippen molar-refractivity contribution in [1.82, 2.24) is 9.97 Å². The van der Waals surface area contributed by atoms with Crippen LogP contribution >= 0.6 is 15.9 Å². The predicted molar refractivity (Wildman–Crippen MR) is 84.2 cm³/mol. The van der Waals surface area contributed by atoms with Crippen LogP contribution in [0.2, 0.25) is 0 Å². The van der Waals surface area contributed by atoms with Crippen LogP contribution in [0.1, 0.15) is 23.9 Å². The maximum atomic E-state index is 5.84. The molecule has 106 valence electrons. The molecule has 0 spiro atoms. The van der Waals surface area contributed by atoms with Crippen molar-refractivity contribution < 1.29 is 4.74 Å². The largest absolute Gasteiger partial charge is 0.472 e. The van der Waals surface area contributed by atoms with Crippen LogP contribution in [0.4, 0.5) is 5.82 Å². The number of ether oxygens (including phenoxy) is 1. The van der Waals surface area contributed by atoms with Gasteiger partial charge in [0.25, 0.3) is 0 Å². The van der Waals surface area contributed by atoms with Gasteiger partial charge in [-0.3, -0.25) is 0 Å². The third kappa shape index (κ3) is 3.48. The van der Waals surface area contributed by atoms with Gasteiger partial charge >= 0.3 is 0 Å². The minimum absolute atomic E-state index is 0.497. The van der Waals surface area contributed by atoms with Crippen LogP contribution < -0.4 is 10.1 Å². The lowest BCUT2D eigenvalue weighted by atomic mass is 10.2. The van der Waals surface area contributed by atoms with Crippen LogP contribution in [0.15, 0.2) is 28.7 Å². The quantitative estimate of drug-likeness (QED) is 0.904. The van der Waals surface area contributed by atoms with Gasteiger partial charge in [0, 0.05) is 17.9 Å². The Kier molecular flexibility index (Phi) is 4.95. The molecular weight excluding hydrogens is 318 g/mol. The zero-order valence-corrected chi connectivity index (χ0v) is 13.5. The summed E-state index contributed by atoms with van der Waals surface area (Å²) in [7, 11) is 1.85. The van der Waals surface area contributed by atoms with Gasteiger partial charge in [-0.15, -0.1) is 0 Å². The molecule has 0 aliphatic rings. The van der Waals surface area contributed by atoms with E-state index >= 15 is 0 Å². The molecule has 0 radical (unpaired) electrons. The van der Waals surface area contributed by atoms with Gasteiger partial charge in [0.2, 0.25) is 5.88 Å². The number of nitrogens with zero attached hydrogens (tertiary/aromatic N) is 2. The second-order valence-corrected chi connectivity index (χ2v) is 5.35. The number of rotatable bonds is 5. The first kappa shape index (κ1) is 14.8. The Labute approximate surface area is 127 Å². The van der Waals surface area contributed by atoms with E-state index in [1.807, 2.05) is 45.2 Å². The minimum Gasteiger partial charge on any atom is -0.472 e. The highest BCUT2D eigenvalue weighted by atomic mass is 79.9. The van der Waals surface area contributed by atoms with Crippen molar-refractivity contribution in [2.45, 2.75) is 26.9 Å². The Balaban J connectivity index is 2.18. The maximum absolute atomic E-state index is 5.84. The SMILES string of the molecule is CCc1nc(NC)c(C)c(OCc2ccc(Br)cc2)n1. The van der Waals surface area contributed by atoms with Crippen molar-refractivity contribution in [1.29, 1.82) is 0 Å². The molecule has 0 fully saturated rings. The number of halogens is 1. The summed E-state index contributed by atoms with van der Waals surface area (Å²) in [4.78, 5) is 8.88. The number of aryl methyl sites for hydroxylation is 1. The van der Waals surface area contributed by atoms with E-state index < -0.39 is 0 Å². The third-order valence-corrected chi connectivity index (χ3v) is 3.52. The van der Waals surface area contributed by atoms with E-state index in [0.29, 0.717) is 12.5 Å². The number of hydrogen-bond acceptors (Lipinski definition) is 4. The van der Waals surface area contributed by atoms with Gasteiger partial charge in [-0.05, 0) is 24.6 Å². The molecule has 1 N–H and O–H groups in total. The zero-order valence-electron chi connectivity index (χ0n) is 11.9. The summed E-state index contributed by atoms with van der Waals surface area (Å²) in [5, 5.41) is 3.08. The van der Waals surface area contributed by atoms with Gasteiger partial charge in [-0.2, -0.15) is 4.98 Å². The van der Waals surface area contributed by atoms with E-state index in [-0.39, 0.29) is 0 Å². The summed E-state index contributed by atoms with van der Waals surface area (Å²) in [6.45, 7) is 4.49. The number of nitrogens with one attached hydrogen (secondary N) is 1.